The van der Waals surface area contributed by atoms with Gasteiger partial charge in [0.25, 0.3) is 0 Å². The van der Waals surface area contributed by atoms with Crippen molar-refractivity contribution >= 4 is 11.3 Å². The van der Waals surface area contributed by atoms with Crippen LogP contribution in [0.15, 0.2) is 23.7 Å². The minimum absolute atomic E-state index is 0.654. The molecule has 1 aromatic heterocycles. The molecule has 0 saturated carbocycles. The van der Waals surface area contributed by atoms with E-state index in [0.717, 1.165) is 12.1 Å². The lowest BCUT2D eigenvalue weighted by Crippen LogP contribution is -2.03. The maximum absolute atomic E-state index is 5.59. The van der Waals surface area contributed by atoms with E-state index in [0.29, 0.717) is 6.54 Å². The van der Waals surface area contributed by atoms with Crippen molar-refractivity contribution in [2.45, 2.75) is 20.3 Å². The Morgan fingerprint density at radius 3 is 2.75 bits per heavy atom. The van der Waals surface area contributed by atoms with Crippen molar-refractivity contribution in [1.29, 1.82) is 0 Å². The zero-order chi connectivity index (χ0) is 11.5. The molecule has 1 heterocycles. The molecule has 2 aromatic rings. The van der Waals surface area contributed by atoms with Crippen LogP contribution in [0.5, 0.6) is 0 Å². The predicted octanol–water partition coefficient (Wildman–Crippen LogP) is 2.93. The summed E-state index contributed by atoms with van der Waals surface area (Å²) in [6.45, 7) is 4.93. The van der Waals surface area contributed by atoms with Crippen LogP contribution in [0, 0.1) is 13.8 Å². The van der Waals surface area contributed by atoms with Crippen molar-refractivity contribution in [3.63, 3.8) is 0 Å². The third-order valence-electron chi connectivity index (χ3n) is 2.79. The average molecular weight is 232 g/mol. The van der Waals surface area contributed by atoms with Crippen molar-refractivity contribution in [2.24, 2.45) is 5.73 Å². The van der Waals surface area contributed by atoms with Crippen molar-refractivity contribution in [1.82, 2.24) is 4.98 Å². The number of benzene rings is 1. The SMILES string of the molecule is Cc1ccc(-c2scnc2CCN)cc1C. The van der Waals surface area contributed by atoms with Crippen LogP contribution in [0.25, 0.3) is 10.4 Å². The summed E-state index contributed by atoms with van der Waals surface area (Å²) >= 11 is 1.69. The van der Waals surface area contributed by atoms with E-state index < -0.39 is 0 Å². The molecule has 0 aliphatic carbocycles. The summed E-state index contributed by atoms with van der Waals surface area (Å²) in [4.78, 5) is 5.63. The number of aromatic nitrogens is 1. The third-order valence-corrected chi connectivity index (χ3v) is 3.71. The van der Waals surface area contributed by atoms with Crippen LogP contribution in [0.2, 0.25) is 0 Å². The molecule has 0 radical (unpaired) electrons. The van der Waals surface area contributed by atoms with Crippen LogP contribution < -0.4 is 5.73 Å². The fourth-order valence-electron chi connectivity index (χ4n) is 1.70. The number of thiazole rings is 1. The van der Waals surface area contributed by atoms with Crippen LogP contribution >= 0.6 is 11.3 Å². The van der Waals surface area contributed by atoms with Crippen molar-refractivity contribution in [3.05, 3.63) is 40.5 Å². The Bertz CT molecular complexity index is 488. The second-order valence-corrected chi connectivity index (χ2v) is 4.82. The van der Waals surface area contributed by atoms with Crippen molar-refractivity contribution < 1.29 is 0 Å². The lowest BCUT2D eigenvalue weighted by Gasteiger charge is -2.05. The Labute approximate surface area is 100 Å². The first-order valence-corrected chi connectivity index (χ1v) is 6.30. The lowest BCUT2D eigenvalue weighted by atomic mass is 10.0. The largest absolute Gasteiger partial charge is 0.330 e. The third kappa shape index (κ3) is 2.15. The van der Waals surface area contributed by atoms with Gasteiger partial charge in [0.2, 0.25) is 0 Å². The monoisotopic (exact) mass is 232 g/mol. The Morgan fingerprint density at radius 1 is 1.25 bits per heavy atom. The zero-order valence-corrected chi connectivity index (χ0v) is 10.5. The molecule has 0 spiro atoms. The van der Waals surface area contributed by atoms with Gasteiger partial charge in [0, 0.05) is 6.42 Å². The van der Waals surface area contributed by atoms with Gasteiger partial charge in [0.1, 0.15) is 0 Å². The van der Waals surface area contributed by atoms with Gasteiger partial charge in [0.05, 0.1) is 16.1 Å². The van der Waals surface area contributed by atoms with Crippen LogP contribution in [-0.4, -0.2) is 11.5 Å². The highest BCUT2D eigenvalue weighted by Crippen LogP contribution is 2.29. The molecule has 0 saturated heterocycles. The van der Waals surface area contributed by atoms with E-state index in [2.05, 4.69) is 37.0 Å². The molecule has 0 bridgehead atoms. The van der Waals surface area contributed by atoms with E-state index in [-0.39, 0.29) is 0 Å². The number of hydrogen-bond donors (Lipinski definition) is 1. The molecule has 0 unspecified atom stereocenters. The Balaban J connectivity index is 2.42. The summed E-state index contributed by atoms with van der Waals surface area (Å²) in [7, 11) is 0. The second-order valence-electron chi connectivity index (χ2n) is 3.97. The van der Waals surface area contributed by atoms with E-state index in [4.69, 9.17) is 5.73 Å². The maximum Gasteiger partial charge on any atom is 0.0801 e. The van der Waals surface area contributed by atoms with E-state index in [1.807, 2.05) is 5.51 Å². The summed E-state index contributed by atoms with van der Waals surface area (Å²) in [6.07, 6.45) is 0.853. The molecule has 0 aliphatic rings. The molecule has 0 aliphatic heterocycles. The lowest BCUT2D eigenvalue weighted by molar-refractivity contribution is 0.937. The highest BCUT2D eigenvalue weighted by molar-refractivity contribution is 7.13. The minimum Gasteiger partial charge on any atom is -0.330 e. The van der Waals surface area contributed by atoms with E-state index in [9.17, 15) is 0 Å². The topological polar surface area (TPSA) is 38.9 Å². The van der Waals surface area contributed by atoms with Gasteiger partial charge < -0.3 is 5.73 Å². The standard InChI is InChI=1S/C13H16N2S/c1-9-3-4-11(7-10(9)2)13-12(5-6-14)15-8-16-13/h3-4,7-8H,5-6,14H2,1-2H3. The van der Waals surface area contributed by atoms with Gasteiger partial charge in [-0.2, -0.15) is 0 Å². The molecule has 0 fully saturated rings. The molecule has 0 amide bonds. The predicted molar refractivity (Wildman–Crippen MR) is 69.8 cm³/mol. The van der Waals surface area contributed by atoms with E-state index >= 15 is 0 Å². The van der Waals surface area contributed by atoms with Crippen molar-refractivity contribution in [2.75, 3.05) is 6.54 Å². The molecule has 0 atom stereocenters. The zero-order valence-electron chi connectivity index (χ0n) is 9.66. The van der Waals surface area contributed by atoms with E-state index in [1.165, 1.54) is 21.6 Å². The van der Waals surface area contributed by atoms with Gasteiger partial charge in [-0.15, -0.1) is 11.3 Å². The van der Waals surface area contributed by atoms with Crippen LogP contribution in [0.4, 0.5) is 0 Å². The Hall–Kier alpha value is -1.19. The second kappa shape index (κ2) is 4.76. The van der Waals surface area contributed by atoms with Gasteiger partial charge in [-0.3, -0.25) is 0 Å². The summed E-state index contributed by atoms with van der Waals surface area (Å²) in [6, 6.07) is 6.55. The summed E-state index contributed by atoms with van der Waals surface area (Å²) in [5.41, 5.74) is 12.5. The molecular weight excluding hydrogens is 216 g/mol. The first kappa shape index (κ1) is 11.3. The normalized spacial score (nSPS) is 10.7. The smallest absolute Gasteiger partial charge is 0.0801 e. The Morgan fingerprint density at radius 2 is 2.06 bits per heavy atom. The Kier molecular flexibility index (Phi) is 3.36. The van der Waals surface area contributed by atoms with Crippen LogP contribution in [-0.2, 0) is 6.42 Å². The molecular formula is C13H16N2S. The van der Waals surface area contributed by atoms with Crippen LogP contribution in [0.1, 0.15) is 16.8 Å². The minimum atomic E-state index is 0.654. The first-order chi connectivity index (χ1) is 7.72. The van der Waals surface area contributed by atoms with Crippen LogP contribution in [0.3, 0.4) is 0 Å². The number of nitrogens with two attached hydrogens (primary N) is 1. The molecule has 2 N–H and O–H groups in total. The van der Waals surface area contributed by atoms with Gasteiger partial charge in [0.15, 0.2) is 0 Å². The molecule has 2 nitrogen and oxygen atoms in total. The molecule has 3 heteroatoms. The molecule has 1 aromatic carbocycles. The van der Waals surface area contributed by atoms with Gasteiger partial charge in [-0.25, -0.2) is 4.98 Å². The fraction of sp³-hybridized carbons (Fsp3) is 0.308. The number of nitrogens with zero attached hydrogens (tertiary/aromatic N) is 1. The van der Waals surface area contributed by atoms with E-state index in [1.54, 1.807) is 11.3 Å². The van der Waals surface area contributed by atoms with Crippen molar-refractivity contribution in [3.8, 4) is 10.4 Å². The highest BCUT2D eigenvalue weighted by Gasteiger charge is 2.08. The summed E-state index contributed by atoms with van der Waals surface area (Å²) in [5.74, 6) is 0. The fourth-order valence-corrected chi connectivity index (χ4v) is 2.54. The summed E-state index contributed by atoms with van der Waals surface area (Å²) < 4.78 is 0. The number of rotatable bonds is 3. The van der Waals surface area contributed by atoms with Gasteiger partial charge >= 0.3 is 0 Å². The summed E-state index contributed by atoms with van der Waals surface area (Å²) in [5, 5.41) is 0. The highest BCUT2D eigenvalue weighted by atomic mass is 32.1. The van der Waals surface area contributed by atoms with Gasteiger partial charge in [-0.05, 0) is 37.1 Å². The number of aryl methyl sites for hydroxylation is 2. The quantitative estimate of drug-likeness (QED) is 0.883. The first-order valence-electron chi connectivity index (χ1n) is 5.42. The molecule has 2 rings (SSSR count). The van der Waals surface area contributed by atoms with Gasteiger partial charge in [-0.1, -0.05) is 18.2 Å². The average Bonchev–Trinajstić information content (AvgIpc) is 2.71. The number of hydrogen-bond acceptors (Lipinski definition) is 3. The molecule has 16 heavy (non-hydrogen) atoms. The molecule has 84 valence electrons. The maximum atomic E-state index is 5.59.